The average molecular weight is 457 g/mol. The normalized spacial score (nSPS) is 19.9. The average Bonchev–Trinajstić information content (AvgIpc) is 2.91. The van der Waals surface area contributed by atoms with Crippen molar-refractivity contribution < 1.29 is 24.6 Å². The van der Waals surface area contributed by atoms with Gasteiger partial charge in [0.05, 0.1) is 6.04 Å². The summed E-state index contributed by atoms with van der Waals surface area (Å²) in [6.07, 6.45) is 1.45. The van der Waals surface area contributed by atoms with Crippen LogP contribution in [0.4, 0.5) is 0 Å². The molecule has 1 fully saturated rings. The van der Waals surface area contributed by atoms with Crippen LogP contribution in [0.25, 0.3) is 0 Å². The lowest BCUT2D eigenvalue weighted by molar-refractivity contribution is -0.147. The lowest BCUT2D eigenvalue weighted by atomic mass is 10.0. The maximum atomic E-state index is 13.3. The van der Waals surface area contributed by atoms with E-state index < -0.39 is 30.6 Å². The number of aliphatic carboxylic acids is 2. The maximum Gasteiger partial charge on any atom is 0.323 e. The molecule has 1 amide bonds. The molecule has 8 heteroatoms. The SMILES string of the molecule is O=C(O)CN1C(=O)[C@@H](N[C@@H](CCc2ccccc2)C(=O)O)CSC[C@@H]1Cc1ccccc1. The number of rotatable bonds is 10. The minimum atomic E-state index is -1.08. The van der Waals surface area contributed by atoms with E-state index in [9.17, 15) is 24.6 Å². The first-order chi connectivity index (χ1) is 15.4. The second kappa shape index (κ2) is 11.7. The molecule has 0 aromatic heterocycles. The molecule has 2 aromatic carbocycles. The Labute approximate surface area is 191 Å². The van der Waals surface area contributed by atoms with E-state index in [0.717, 1.165) is 11.1 Å². The Hall–Kier alpha value is -2.84. The number of carbonyl (C=O) groups is 3. The molecule has 1 heterocycles. The van der Waals surface area contributed by atoms with Crippen LogP contribution in [0.1, 0.15) is 17.5 Å². The van der Waals surface area contributed by atoms with E-state index in [0.29, 0.717) is 30.8 Å². The number of carbonyl (C=O) groups excluding carboxylic acids is 1. The Morgan fingerprint density at radius 1 is 1.00 bits per heavy atom. The molecule has 1 aliphatic rings. The highest BCUT2D eigenvalue weighted by Crippen LogP contribution is 2.22. The van der Waals surface area contributed by atoms with Gasteiger partial charge in [0, 0.05) is 17.5 Å². The lowest BCUT2D eigenvalue weighted by Gasteiger charge is -2.31. The molecule has 7 nitrogen and oxygen atoms in total. The van der Waals surface area contributed by atoms with Gasteiger partial charge in [0.2, 0.25) is 5.91 Å². The highest BCUT2D eigenvalue weighted by Gasteiger charge is 2.36. The van der Waals surface area contributed by atoms with Gasteiger partial charge < -0.3 is 15.1 Å². The Morgan fingerprint density at radius 3 is 2.22 bits per heavy atom. The third-order valence-electron chi connectivity index (χ3n) is 5.50. The number of hydrogen-bond donors (Lipinski definition) is 3. The van der Waals surface area contributed by atoms with Gasteiger partial charge in [-0.25, -0.2) is 0 Å². The van der Waals surface area contributed by atoms with Crippen molar-refractivity contribution in [2.24, 2.45) is 0 Å². The first-order valence-corrected chi connectivity index (χ1v) is 11.8. The molecule has 1 saturated heterocycles. The van der Waals surface area contributed by atoms with Gasteiger partial charge in [0.1, 0.15) is 12.6 Å². The minimum Gasteiger partial charge on any atom is -0.480 e. The second-order valence-corrected chi connectivity index (χ2v) is 8.95. The summed E-state index contributed by atoms with van der Waals surface area (Å²) >= 11 is 1.54. The molecule has 0 unspecified atom stereocenters. The summed E-state index contributed by atoms with van der Waals surface area (Å²) in [6, 6.07) is 17.3. The van der Waals surface area contributed by atoms with Crippen molar-refractivity contribution in [3.8, 4) is 0 Å². The van der Waals surface area contributed by atoms with E-state index in [1.54, 1.807) is 11.8 Å². The molecule has 3 atom stereocenters. The zero-order chi connectivity index (χ0) is 22.9. The van der Waals surface area contributed by atoms with Gasteiger partial charge in [-0.05, 0) is 30.4 Å². The van der Waals surface area contributed by atoms with E-state index in [1.165, 1.54) is 4.90 Å². The largest absolute Gasteiger partial charge is 0.480 e. The standard InChI is InChI=1S/C24H28N2O5S/c27-22(28)14-26-19(13-18-9-5-2-6-10-18)15-32-16-21(23(26)29)25-20(24(30)31)12-11-17-7-3-1-4-8-17/h1-10,19-21,25H,11-16H2,(H,27,28)(H,30,31)/t19-,20-,21-/m0/s1. The van der Waals surface area contributed by atoms with Crippen molar-refractivity contribution in [2.45, 2.75) is 37.4 Å². The van der Waals surface area contributed by atoms with Crippen LogP contribution in [-0.4, -0.2) is 69.1 Å². The van der Waals surface area contributed by atoms with Gasteiger partial charge >= 0.3 is 11.9 Å². The molecule has 2 aromatic rings. The lowest BCUT2D eigenvalue weighted by Crippen LogP contribution is -2.55. The van der Waals surface area contributed by atoms with Crippen molar-refractivity contribution in [1.82, 2.24) is 10.2 Å². The molecule has 3 rings (SSSR count). The summed E-state index contributed by atoms with van der Waals surface area (Å²) in [7, 11) is 0. The van der Waals surface area contributed by atoms with Gasteiger partial charge in [-0.3, -0.25) is 19.7 Å². The van der Waals surface area contributed by atoms with Crippen LogP contribution in [-0.2, 0) is 27.2 Å². The van der Waals surface area contributed by atoms with E-state index in [2.05, 4.69) is 5.32 Å². The molecular weight excluding hydrogens is 428 g/mol. The molecule has 0 spiro atoms. The number of amides is 1. The van der Waals surface area contributed by atoms with Crippen LogP contribution >= 0.6 is 11.8 Å². The van der Waals surface area contributed by atoms with Gasteiger partial charge in [-0.15, -0.1) is 0 Å². The minimum absolute atomic E-state index is 0.273. The first-order valence-electron chi connectivity index (χ1n) is 10.6. The van der Waals surface area contributed by atoms with Crippen molar-refractivity contribution in [2.75, 3.05) is 18.1 Å². The Bertz CT molecular complexity index is 909. The second-order valence-electron chi connectivity index (χ2n) is 7.88. The molecule has 0 bridgehead atoms. The molecule has 3 N–H and O–H groups in total. The quantitative estimate of drug-likeness (QED) is 0.504. The van der Waals surface area contributed by atoms with Crippen LogP contribution in [0.15, 0.2) is 60.7 Å². The molecule has 0 radical (unpaired) electrons. The fourth-order valence-electron chi connectivity index (χ4n) is 3.87. The smallest absolute Gasteiger partial charge is 0.323 e. The number of thioether (sulfide) groups is 1. The van der Waals surface area contributed by atoms with Crippen molar-refractivity contribution in [1.29, 1.82) is 0 Å². The van der Waals surface area contributed by atoms with E-state index in [4.69, 9.17) is 0 Å². The fraction of sp³-hybridized carbons (Fsp3) is 0.375. The number of carboxylic acids is 2. The van der Waals surface area contributed by atoms with Crippen molar-refractivity contribution in [3.05, 3.63) is 71.8 Å². The van der Waals surface area contributed by atoms with Crippen LogP contribution < -0.4 is 5.32 Å². The van der Waals surface area contributed by atoms with Crippen molar-refractivity contribution >= 4 is 29.6 Å². The zero-order valence-electron chi connectivity index (χ0n) is 17.7. The Balaban J connectivity index is 1.71. The first kappa shape index (κ1) is 23.8. The maximum absolute atomic E-state index is 13.3. The van der Waals surface area contributed by atoms with Gasteiger partial charge in [-0.1, -0.05) is 60.7 Å². The van der Waals surface area contributed by atoms with Gasteiger partial charge in [0.25, 0.3) is 0 Å². The number of benzene rings is 2. The van der Waals surface area contributed by atoms with Gasteiger partial charge in [0.15, 0.2) is 0 Å². The van der Waals surface area contributed by atoms with Crippen LogP contribution in [0.5, 0.6) is 0 Å². The number of carboxylic acid groups (broad SMARTS) is 2. The summed E-state index contributed by atoms with van der Waals surface area (Å²) in [5.41, 5.74) is 2.05. The molecular formula is C24H28N2O5S. The Kier molecular flexibility index (Phi) is 8.70. The zero-order valence-corrected chi connectivity index (χ0v) is 18.5. The summed E-state index contributed by atoms with van der Waals surface area (Å²) in [4.78, 5) is 38.1. The number of nitrogens with one attached hydrogen (secondary N) is 1. The highest BCUT2D eigenvalue weighted by molar-refractivity contribution is 7.99. The number of nitrogens with zero attached hydrogens (tertiary/aromatic N) is 1. The van der Waals surface area contributed by atoms with E-state index in [1.807, 2.05) is 60.7 Å². The van der Waals surface area contributed by atoms with Crippen LogP contribution in [0.3, 0.4) is 0 Å². The highest BCUT2D eigenvalue weighted by atomic mass is 32.2. The summed E-state index contributed by atoms with van der Waals surface area (Å²) in [5.74, 6) is -1.47. The predicted octanol–water partition coefficient (Wildman–Crippen LogP) is 2.30. The fourth-order valence-corrected chi connectivity index (χ4v) is 5.05. The topological polar surface area (TPSA) is 107 Å². The van der Waals surface area contributed by atoms with E-state index in [-0.39, 0.29) is 11.9 Å². The summed E-state index contributed by atoms with van der Waals surface area (Å²) in [5, 5.41) is 22.1. The summed E-state index contributed by atoms with van der Waals surface area (Å²) < 4.78 is 0. The molecule has 170 valence electrons. The van der Waals surface area contributed by atoms with Crippen LogP contribution in [0, 0.1) is 0 Å². The monoisotopic (exact) mass is 456 g/mol. The molecule has 0 aliphatic carbocycles. The third kappa shape index (κ3) is 6.83. The number of hydrogen-bond acceptors (Lipinski definition) is 5. The molecule has 0 saturated carbocycles. The van der Waals surface area contributed by atoms with Crippen LogP contribution in [0.2, 0.25) is 0 Å². The predicted molar refractivity (Wildman–Crippen MR) is 124 cm³/mol. The third-order valence-corrected chi connectivity index (χ3v) is 6.69. The Morgan fingerprint density at radius 2 is 1.62 bits per heavy atom. The van der Waals surface area contributed by atoms with Crippen molar-refractivity contribution in [3.63, 3.8) is 0 Å². The number of aryl methyl sites for hydroxylation is 1. The molecule has 32 heavy (non-hydrogen) atoms. The van der Waals surface area contributed by atoms with Gasteiger partial charge in [-0.2, -0.15) is 11.8 Å². The summed E-state index contributed by atoms with van der Waals surface area (Å²) in [6.45, 7) is -0.406. The van der Waals surface area contributed by atoms with E-state index >= 15 is 0 Å². The molecule has 1 aliphatic heterocycles.